The molecule has 0 aliphatic heterocycles. The molecule has 0 unspecified atom stereocenters. The van der Waals surface area contributed by atoms with E-state index in [-0.39, 0.29) is 17.9 Å². The van der Waals surface area contributed by atoms with Crippen molar-refractivity contribution in [3.63, 3.8) is 0 Å². The summed E-state index contributed by atoms with van der Waals surface area (Å²) in [5, 5.41) is 7.23. The van der Waals surface area contributed by atoms with Crippen LogP contribution in [0.25, 0.3) is 0 Å². The summed E-state index contributed by atoms with van der Waals surface area (Å²) in [6.45, 7) is 0. The minimum Gasteiger partial charge on any atom is -0.370 e. The number of aliphatic imine (C=N–C) groups is 2. The molecule has 12 heavy (non-hydrogen) atoms. The average molecular weight is 171 g/mol. The van der Waals surface area contributed by atoms with Crippen molar-refractivity contribution in [2.24, 2.45) is 27.2 Å². The van der Waals surface area contributed by atoms with E-state index in [0.29, 0.717) is 0 Å². The lowest BCUT2D eigenvalue weighted by Gasteiger charge is -2.07. The second-order valence-corrected chi connectivity index (χ2v) is 2.22. The number of nitrogens with two attached hydrogens (primary N) is 3. The molecule has 0 aliphatic rings. The molecular weight excluding hydrogens is 158 g/mol. The van der Waals surface area contributed by atoms with E-state index in [1.54, 1.807) is 14.1 Å². The Balaban J connectivity index is 4.37. The molecule has 68 valence electrons. The summed E-state index contributed by atoms with van der Waals surface area (Å²) in [4.78, 5) is 8.47. The SMILES string of the molecule is CN(C)C(=N)/N=C(\N)N=C(N)N. The van der Waals surface area contributed by atoms with Crippen molar-refractivity contribution < 1.29 is 0 Å². The number of hydrogen-bond acceptors (Lipinski definition) is 1. The third kappa shape index (κ3) is 4.09. The molecule has 0 atom stereocenters. The van der Waals surface area contributed by atoms with Crippen LogP contribution in [0.4, 0.5) is 0 Å². The summed E-state index contributed by atoms with van der Waals surface area (Å²) < 4.78 is 0. The Bertz CT molecular complexity index is 222. The maximum atomic E-state index is 7.23. The first-order chi connectivity index (χ1) is 5.43. The topological polar surface area (TPSA) is 130 Å². The Kier molecular flexibility index (Phi) is 3.54. The van der Waals surface area contributed by atoms with E-state index in [1.807, 2.05) is 0 Å². The van der Waals surface area contributed by atoms with Gasteiger partial charge in [-0.3, -0.25) is 5.41 Å². The molecule has 0 amide bonds. The van der Waals surface area contributed by atoms with Crippen molar-refractivity contribution in [3.05, 3.63) is 0 Å². The third-order valence-electron chi connectivity index (χ3n) is 0.888. The van der Waals surface area contributed by atoms with Gasteiger partial charge < -0.3 is 22.1 Å². The highest BCUT2D eigenvalue weighted by Crippen LogP contribution is 1.81. The maximum absolute atomic E-state index is 7.23. The lowest BCUT2D eigenvalue weighted by molar-refractivity contribution is 0.609. The summed E-state index contributed by atoms with van der Waals surface area (Å²) in [5.41, 5.74) is 15.3. The lowest BCUT2D eigenvalue weighted by atomic mass is 10.8. The van der Waals surface area contributed by atoms with E-state index < -0.39 is 0 Å². The molecule has 0 radical (unpaired) electrons. The number of hydrogen-bond donors (Lipinski definition) is 4. The summed E-state index contributed by atoms with van der Waals surface area (Å²) in [6.07, 6.45) is 0. The van der Waals surface area contributed by atoms with Gasteiger partial charge in [-0.15, -0.1) is 0 Å². The minimum absolute atomic E-state index is 0.0162. The van der Waals surface area contributed by atoms with Gasteiger partial charge in [0.1, 0.15) is 0 Å². The summed E-state index contributed by atoms with van der Waals surface area (Å²) >= 11 is 0. The van der Waals surface area contributed by atoms with Crippen molar-refractivity contribution in [1.29, 1.82) is 5.41 Å². The highest BCUT2D eigenvalue weighted by atomic mass is 15.2. The predicted octanol–water partition coefficient (Wildman–Crippen LogP) is -1.93. The number of nitrogens with zero attached hydrogens (tertiary/aromatic N) is 3. The lowest BCUT2D eigenvalue weighted by Crippen LogP contribution is -2.28. The Labute approximate surface area is 70.5 Å². The van der Waals surface area contributed by atoms with Crippen molar-refractivity contribution >= 4 is 17.9 Å². The first-order valence-electron chi connectivity index (χ1n) is 3.13. The van der Waals surface area contributed by atoms with E-state index in [2.05, 4.69) is 9.98 Å². The van der Waals surface area contributed by atoms with E-state index in [4.69, 9.17) is 22.6 Å². The van der Waals surface area contributed by atoms with Crippen LogP contribution in [0.5, 0.6) is 0 Å². The standard InChI is InChI=1S/C5H13N7/c1-12(2)5(9)11-4(8)10-3(6)7/h1-2H3,(H7,6,7,8,9,10,11). The Hall–Kier alpha value is -1.79. The van der Waals surface area contributed by atoms with E-state index in [1.165, 1.54) is 4.90 Å². The van der Waals surface area contributed by atoms with Crippen LogP contribution >= 0.6 is 0 Å². The van der Waals surface area contributed by atoms with Crippen molar-refractivity contribution in [2.45, 2.75) is 0 Å². The zero-order chi connectivity index (χ0) is 9.72. The average Bonchev–Trinajstić information content (AvgIpc) is 1.84. The fourth-order valence-electron chi connectivity index (χ4n) is 0.366. The van der Waals surface area contributed by atoms with Gasteiger partial charge in [-0.2, -0.15) is 9.98 Å². The van der Waals surface area contributed by atoms with Crippen LogP contribution in [0.1, 0.15) is 0 Å². The Morgan fingerprint density at radius 1 is 1.17 bits per heavy atom. The zero-order valence-corrected chi connectivity index (χ0v) is 7.07. The fourth-order valence-corrected chi connectivity index (χ4v) is 0.366. The van der Waals surface area contributed by atoms with E-state index >= 15 is 0 Å². The summed E-state index contributed by atoms with van der Waals surface area (Å²) in [7, 11) is 3.32. The fraction of sp³-hybridized carbons (Fsp3) is 0.400. The molecule has 0 saturated carbocycles. The molecule has 0 aromatic heterocycles. The summed E-state index contributed by atoms with van der Waals surface area (Å²) in [5.74, 6) is -0.325. The second kappa shape index (κ2) is 4.16. The molecule has 0 heterocycles. The Morgan fingerprint density at radius 2 is 1.67 bits per heavy atom. The minimum atomic E-state index is -0.178. The van der Waals surface area contributed by atoms with Gasteiger partial charge in [0.15, 0.2) is 5.96 Å². The molecule has 0 rings (SSSR count). The number of nitrogens with one attached hydrogen (secondary N) is 1. The summed E-state index contributed by atoms with van der Waals surface area (Å²) in [6, 6.07) is 0. The van der Waals surface area contributed by atoms with Crippen molar-refractivity contribution in [1.82, 2.24) is 4.90 Å². The highest BCUT2D eigenvalue weighted by Gasteiger charge is 1.96. The van der Waals surface area contributed by atoms with Gasteiger partial charge in [0, 0.05) is 14.1 Å². The first-order valence-corrected chi connectivity index (χ1v) is 3.13. The van der Waals surface area contributed by atoms with Crippen LogP contribution in [0.2, 0.25) is 0 Å². The molecule has 7 nitrogen and oxygen atoms in total. The number of rotatable bonds is 0. The normalized spacial score (nSPS) is 10.7. The first kappa shape index (κ1) is 10.2. The number of guanidine groups is 3. The van der Waals surface area contributed by atoms with Crippen LogP contribution in [-0.2, 0) is 0 Å². The second-order valence-electron chi connectivity index (χ2n) is 2.22. The van der Waals surface area contributed by atoms with Crippen LogP contribution in [-0.4, -0.2) is 36.9 Å². The zero-order valence-electron chi connectivity index (χ0n) is 7.07. The van der Waals surface area contributed by atoms with Crippen LogP contribution in [0.15, 0.2) is 9.98 Å². The van der Waals surface area contributed by atoms with E-state index in [0.717, 1.165) is 0 Å². The monoisotopic (exact) mass is 171 g/mol. The van der Waals surface area contributed by atoms with Gasteiger partial charge in [-0.1, -0.05) is 0 Å². The van der Waals surface area contributed by atoms with Gasteiger partial charge in [0.05, 0.1) is 0 Å². The molecule has 0 aromatic carbocycles. The molecule has 0 aromatic rings. The molecule has 0 spiro atoms. The largest absolute Gasteiger partial charge is 0.370 e. The van der Waals surface area contributed by atoms with Gasteiger partial charge >= 0.3 is 0 Å². The van der Waals surface area contributed by atoms with Crippen molar-refractivity contribution in [3.8, 4) is 0 Å². The van der Waals surface area contributed by atoms with Crippen LogP contribution in [0, 0.1) is 5.41 Å². The van der Waals surface area contributed by atoms with Crippen LogP contribution < -0.4 is 17.2 Å². The van der Waals surface area contributed by atoms with Gasteiger partial charge in [0.2, 0.25) is 11.9 Å². The smallest absolute Gasteiger partial charge is 0.226 e. The Morgan fingerprint density at radius 3 is 2.00 bits per heavy atom. The molecule has 7 heteroatoms. The quantitative estimate of drug-likeness (QED) is 0.250. The molecule has 0 aliphatic carbocycles. The van der Waals surface area contributed by atoms with Gasteiger partial charge in [-0.05, 0) is 0 Å². The maximum Gasteiger partial charge on any atom is 0.226 e. The van der Waals surface area contributed by atoms with Crippen LogP contribution in [0.3, 0.4) is 0 Å². The van der Waals surface area contributed by atoms with Gasteiger partial charge in [0.25, 0.3) is 0 Å². The van der Waals surface area contributed by atoms with Gasteiger partial charge in [-0.25, -0.2) is 0 Å². The molecule has 0 bridgehead atoms. The predicted molar refractivity (Wildman–Crippen MR) is 48.8 cm³/mol. The molecule has 7 N–H and O–H groups in total. The molecule has 0 fully saturated rings. The van der Waals surface area contributed by atoms with Crippen molar-refractivity contribution in [2.75, 3.05) is 14.1 Å². The molecular formula is C5H13N7. The third-order valence-corrected chi connectivity index (χ3v) is 0.888. The van der Waals surface area contributed by atoms with E-state index in [9.17, 15) is 0 Å². The highest BCUT2D eigenvalue weighted by molar-refractivity contribution is 5.98. The molecule has 0 saturated heterocycles.